The maximum absolute atomic E-state index is 13.7. The van der Waals surface area contributed by atoms with Crippen LogP contribution in [0.25, 0.3) is 0 Å². The molecule has 0 saturated carbocycles. The van der Waals surface area contributed by atoms with E-state index in [0.29, 0.717) is 17.9 Å². The number of anilines is 2. The molecular weight excluding hydrogens is 480 g/mol. The summed E-state index contributed by atoms with van der Waals surface area (Å²) in [6.07, 6.45) is 7.44. The van der Waals surface area contributed by atoms with Crippen LogP contribution >= 0.6 is 0 Å². The van der Waals surface area contributed by atoms with Gasteiger partial charge in [0, 0.05) is 31.3 Å². The van der Waals surface area contributed by atoms with Gasteiger partial charge in [0.05, 0.1) is 12.0 Å². The summed E-state index contributed by atoms with van der Waals surface area (Å²) in [7, 11) is 1.63. The van der Waals surface area contributed by atoms with Crippen LogP contribution in [0.15, 0.2) is 67.1 Å². The monoisotopic (exact) mass is 514 g/mol. The van der Waals surface area contributed by atoms with Crippen molar-refractivity contribution in [1.29, 1.82) is 0 Å². The second kappa shape index (κ2) is 11.9. The molecule has 3 aromatic rings. The van der Waals surface area contributed by atoms with E-state index in [1.165, 1.54) is 10.5 Å². The topological polar surface area (TPSA) is 122 Å². The average molecular weight is 515 g/mol. The Bertz CT molecular complexity index is 1300. The zero-order valence-corrected chi connectivity index (χ0v) is 22.0. The van der Waals surface area contributed by atoms with Crippen LogP contribution in [0.2, 0.25) is 0 Å². The number of rotatable bonds is 9. The van der Waals surface area contributed by atoms with Crippen LogP contribution in [0, 0.1) is 5.92 Å². The maximum Gasteiger partial charge on any atom is 0.325 e. The number of pyridine rings is 2. The van der Waals surface area contributed by atoms with Crippen molar-refractivity contribution < 1.29 is 14.4 Å². The molecule has 9 heteroatoms. The van der Waals surface area contributed by atoms with Gasteiger partial charge in [-0.3, -0.25) is 19.5 Å². The van der Waals surface area contributed by atoms with Crippen molar-refractivity contribution in [2.75, 3.05) is 17.7 Å². The third-order valence-corrected chi connectivity index (χ3v) is 7.00. The van der Waals surface area contributed by atoms with E-state index < -0.39 is 23.9 Å². The first-order valence-electron chi connectivity index (χ1n) is 12.9. The number of nitrogens with two attached hydrogens (primary N) is 1. The normalized spacial score (nSPS) is 17.4. The molecule has 1 aliphatic heterocycles. The number of likely N-dealkylation sites (tertiary alicyclic amines) is 1. The fraction of sp³-hybridized carbons (Fsp3) is 0.345. The number of aromatic nitrogens is 2. The molecule has 0 unspecified atom stereocenters. The van der Waals surface area contributed by atoms with E-state index in [4.69, 9.17) is 5.73 Å². The Labute approximate surface area is 223 Å². The molecule has 0 aliphatic carbocycles. The predicted octanol–water partition coefficient (Wildman–Crippen LogP) is 3.90. The number of nitrogens with one attached hydrogen (secondary N) is 1. The highest BCUT2D eigenvalue weighted by molar-refractivity contribution is 6.12. The number of nitrogen functional groups attached to an aromatic ring is 1. The van der Waals surface area contributed by atoms with Gasteiger partial charge in [0.2, 0.25) is 5.91 Å². The predicted molar refractivity (Wildman–Crippen MR) is 146 cm³/mol. The Morgan fingerprint density at radius 1 is 1.08 bits per heavy atom. The zero-order chi connectivity index (χ0) is 27.2. The van der Waals surface area contributed by atoms with E-state index >= 15 is 0 Å². The van der Waals surface area contributed by atoms with E-state index in [1.807, 2.05) is 25.1 Å². The Morgan fingerprint density at radius 3 is 2.53 bits per heavy atom. The van der Waals surface area contributed by atoms with E-state index in [-0.39, 0.29) is 18.4 Å². The lowest BCUT2D eigenvalue weighted by atomic mass is 9.81. The summed E-state index contributed by atoms with van der Waals surface area (Å²) in [5.74, 6) is -1.11. The van der Waals surface area contributed by atoms with Gasteiger partial charge in [-0.25, -0.2) is 9.78 Å². The lowest BCUT2D eigenvalue weighted by molar-refractivity contribution is -0.156. The first-order chi connectivity index (χ1) is 18.3. The van der Waals surface area contributed by atoms with Gasteiger partial charge in [-0.15, -0.1) is 0 Å². The molecule has 38 heavy (non-hydrogen) atoms. The minimum atomic E-state index is -0.959. The van der Waals surface area contributed by atoms with E-state index in [9.17, 15) is 14.4 Å². The SMILES string of the molecule is CCC[C@@H](NC(=O)N1C(=O)[C@H](Cc2ccnc(N)c2)[C@H]1C(=O)N(C)c1ccncc1)c1cccc(CC)c1. The highest BCUT2D eigenvalue weighted by atomic mass is 16.2. The number of carbonyl (C=O) groups is 3. The van der Waals surface area contributed by atoms with Crippen molar-refractivity contribution in [2.24, 2.45) is 5.92 Å². The molecule has 0 bridgehead atoms. The van der Waals surface area contributed by atoms with Crippen molar-refractivity contribution in [3.63, 3.8) is 0 Å². The number of hydrogen-bond acceptors (Lipinski definition) is 6. The number of β-lactam (4-membered cyclic amide) rings is 1. The lowest BCUT2D eigenvalue weighted by Gasteiger charge is -2.46. The maximum atomic E-state index is 13.7. The minimum absolute atomic E-state index is 0.271. The number of amides is 4. The second-order valence-corrected chi connectivity index (χ2v) is 9.54. The molecule has 1 aliphatic rings. The van der Waals surface area contributed by atoms with Gasteiger partial charge < -0.3 is 16.0 Å². The molecule has 2 aromatic heterocycles. The highest BCUT2D eigenvalue weighted by Gasteiger charge is 2.55. The first kappa shape index (κ1) is 26.8. The summed E-state index contributed by atoms with van der Waals surface area (Å²) in [5, 5.41) is 3.03. The van der Waals surface area contributed by atoms with Crippen LogP contribution in [0.1, 0.15) is 49.4 Å². The third-order valence-electron chi connectivity index (χ3n) is 7.00. The lowest BCUT2D eigenvalue weighted by Crippen LogP contribution is -2.70. The number of carbonyl (C=O) groups excluding carboxylic acids is 3. The van der Waals surface area contributed by atoms with E-state index in [1.54, 1.807) is 49.9 Å². The molecule has 4 amide bonds. The van der Waals surface area contributed by atoms with Crippen LogP contribution in [0.5, 0.6) is 0 Å². The van der Waals surface area contributed by atoms with Crippen molar-refractivity contribution in [1.82, 2.24) is 20.2 Å². The number of likely N-dealkylation sites (N-methyl/N-ethyl adjacent to an activating group) is 1. The van der Waals surface area contributed by atoms with Crippen LogP contribution in [-0.2, 0) is 22.4 Å². The van der Waals surface area contributed by atoms with Gasteiger partial charge in [-0.1, -0.05) is 44.5 Å². The summed E-state index contributed by atoms with van der Waals surface area (Å²) >= 11 is 0. The van der Waals surface area contributed by atoms with Crippen LogP contribution in [0.4, 0.5) is 16.3 Å². The number of hydrogen-bond donors (Lipinski definition) is 2. The number of benzene rings is 1. The molecule has 198 valence electrons. The van der Waals surface area contributed by atoms with E-state index in [0.717, 1.165) is 28.9 Å². The van der Waals surface area contributed by atoms with Crippen molar-refractivity contribution >= 4 is 29.4 Å². The number of imide groups is 1. The fourth-order valence-corrected chi connectivity index (χ4v) is 4.88. The minimum Gasteiger partial charge on any atom is -0.384 e. The standard InChI is InChI=1S/C29H34N6O3/c1-4-7-24(21-9-6-8-19(5-2)16-21)33-29(38)35-26(28(37)34(3)22-11-13-31-14-12-22)23(27(35)36)17-20-10-15-32-25(30)18-20/h6,8-16,18,23-24,26H,4-5,7,17H2,1-3H3,(H2,30,32)(H,33,38)/t23-,24-,26+/m1/s1. The summed E-state index contributed by atoms with van der Waals surface area (Å²) < 4.78 is 0. The highest BCUT2D eigenvalue weighted by Crippen LogP contribution is 2.33. The molecule has 0 spiro atoms. The van der Waals surface area contributed by atoms with Crippen molar-refractivity contribution in [2.45, 2.75) is 51.6 Å². The first-order valence-corrected chi connectivity index (χ1v) is 12.9. The molecule has 4 rings (SSSR count). The van der Waals surface area contributed by atoms with Crippen LogP contribution in [0.3, 0.4) is 0 Å². The molecule has 0 radical (unpaired) electrons. The van der Waals surface area contributed by atoms with Gasteiger partial charge in [-0.05, 0) is 60.2 Å². The van der Waals surface area contributed by atoms with Gasteiger partial charge in [-0.2, -0.15) is 0 Å². The molecule has 9 nitrogen and oxygen atoms in total. The summed E-state index contributed by atoms with van der Waals surface area (Å²) in [4.78, 5) is 51.2. The molecule has 3 heterocycles. The second-order valence-electron chi connectivity index (χ2n) is 9.54. The summed E-state index contributed by atoms with van der Waals surface area (Å²) in [6.45, 7) is 4.13. The van der Waals surface area contributed by atoms with Gasteiger partial charge >= 0.3 is 6.03 Å². The van der Waals surface area contributed by atoms with Gasteiger partial charge in [0.1, 0.15) is 11.9 Å². The quantitative estimate of drug-likeness (QED) is 0.418. The van der Waals surface area contributed by atoms with E-state index in [2.05, 4.69) is 28.3 Å². The molecule has 1 saturated heterocycles. The van der Waals surface area contributed by atoms with Gasteiger partial charge in [0.25, 0.3) is 5.91 Å². The summed E-state index contributed by atoms with van der Waals surface area (Å²) in [6, 6.07) is 13.1. The smallest absolute Gasteiger partial charge is 0.325 e. The largest absolute Gasteiger partial charge is 0.384 e. The molecule has 1 aromatic carbocycles. The molecule has 1 fully saturated rings. The number of aryl methyl sites for hydroxylation is 1. The molecule has 3 N–H and O–H groups in total. The number of nitrogens with zero attached hydrogens (tertiary/aromatic N) is 4. The third kappa shape index (κ3) is 5.66. The molecular formula is C29H34N6O3. The molecule has 3 atom stereocenters. The Balaban J connectivity index is 1.61. The zero-order valence-electron chi connectivity index (χ0n) is 22.0. The summed E-state index contributed by atoms with van der Waals surface area (Å²) in [5.41, 5.74) is 9.38. The van der Waals surface area contributed by atoms with Crippen molar-refractivity contribution in [3.05, 3.63) is 83.8 Å². The average Bonchev–Trinajstić information content (AvgIpc) is 2.93. The van der Waals surface area contributed by atoms with Crippen molar-refractivity contribution in [3.8, 4) is 0 Å². The van der Waals surface area contributed by atoms with Crippen LogP contribution in [-0.4, -0.2) is 45.8 Å². The van der Waals surface area contributed by atoms with Gasteiger partial charge in [0.15, 0.2) is 0 Å². The fourth-order valence-electron chi connectivity index (χ4n) is 4.88. The Kier molecular flexibility index (Phi) is 8.35. The number of urea groups is 1. The Morgan fingerprint density at radius 2 is 1.84 bits per heavy atom. The Hall–Kier alpha value is -4.27. The van der Waals surface area contributed by atoms with Crippen LogP contribution < -0.4 is 16.0 Å².